The van der Waals surface area contributed by atoms with Crippen LogP contribution < -0.4 is 0 Å². The number of rotatable bonds is 2. The van der Waals surface area contributed by atoms with Gasteiger partial charge in [-0.25, -0.2) is 0 Å². The second-order valence-corrected chi connectivity index (χ2v) is 3.68. The van der Waals surface area contributed by atoms with Crippen LogP contribution in [0, 0.1) is 6.92 Å². The minimum absolute atomic E-state index is 1.07. The van der Waals surface area contributed by atoms with Crippen molar-refractivity contribution in [2.24, 2.45) is 0 Å². The van der Waals surface area contributed by atoms with Crippen LogP contribution in [0.4, 0.5) is 0 Å². The number of aromatic nitrogens is 1. The summed E-state index contributed by atoms with van der Waals surface area (Å²) in [4.78, 5) is 4.44. The lowest BCUT2D eigenvalue weighted by Crippen LogP contribution is -1.91. The van der Waals surface area contributed by atoms with Gasteiger partial charge in [0.2, 0.25) is 0 Å². The first-order valence-electron chi connectivity index (χ1n) is 5.16. The fourth-order valence-corrected chi connectivity index (χ4v) is 1.86. The molecule has 1 nitrogen and oxygen atoms in total. The summed E-state index contributed by atoms with van der Waals surface area (Å²) in [6, 6.07) is 8.53. The number of hydrogen-bond acceptors (Lipinski definition) is 1. The Morgan fingerprint density at radius 1 is 1.14 bits per heavy atom. The van der Waals surface area contributed by atoms with Crippen molar-refractivity contribution in [2.45, 2.75) is 26.7 Å². The van der Waals surface area contributed by atoms with Crippen molar-refractivity contribution >= 4 is 10.8 Å². The third-order valence-electron chi connectivity index (χ3n) is 2.59. The molecule has 0 fully saturated rings. The maximum Gasteiger partial charge on any atom is 0.0481 e. The smallest absolute Gasteiger partial charge is 0.0481 e. The monoisotopic (exact) mass is 185 g/mol. The van der Waals surface area contributed by atoms with Gasteiger partial charge in [-0.05, 0) is 30.4 Å². The minimum Gasteiger partial charge on any atom is -0.261 e. The average molecular weight is 185 g/mol. The van der Waals surface area contributed by atoms with Crippen LogP contribution in [0.3, 0.4) is 0 Å². The van der Waals surface area contributed by atoms with Gasteiger partial charge in [-0.1, -0.05) is 31.5 Å². The summed E-state index contributed by atoms with van der Waals surface area (Å²) in [5, 5.41) is 2.65. The third kappa shape index (κ3) is 1.50. The third-order valence-corrected chi connectivity index (χ3v) is 2.59. The van der Waals surface area contributed by atoms with Crippen LogP contribution in [0.25, 0.3) is 10.8 Å². The van der Waals surface area contributed by atoms with E-state index in [2.05, 4.69) is 43.1 Å². The van der Waals surface area contributed by atoms with Crippen molar-refractivity contribution in [2.75, 3.05) is 0 Å². The van der Waals surface area contributed by atoms with Crippen LogP contribution in [0.5, 0.6) is 0 Å². The highest BCUT2D eigenvalue weighted by Gasteiger charge is 2.02. The van der Waals surface area contributed by atoms with Crippen LogP contribution in [-0.2, 0) is 6.42 Å². The van der Waals surface area contributed by atoms with Gasteiger partial charge in [-0.2, -0.15) is 0 Å². The molecule has 14 heavy (non-hydrogen) atoms. The van der Waals surface area contributed by atoms with Crippen LogP contribution in [-0.4, -0.2) is 4.98 Å². The Labute approximate surface area is 84.8 Å². The van der Waals surface area contributed by atoms with E-state index in [1.165, 1.54) is 22.0 Å². The second-order valence-electron chi connectivity index (χ2n) is 3.68. The highest BCUT2D eigenvalue weighted by molar-refractivity contribution is 5.87. The summed E-state index contributed by atoms with van der Waals surface area (Å²) in [5.41, 5.74) is 2.57. The van der Waals surface area contributed by atoms with Gasteiger partial charge < -0.3 is 0 Å². The molecule has 1 heterocycles. The maximum atomic E-state index is 4.44. The predicted octanol–water partition coefficient (Wildman–Crippen LogP) is 3.50. The van der Waals surface area contributed by atoms with Crippen molar-refractivity contribution in [3.8, 4) is 0 Å². The summed E-state index contributed by atoms with van der Waals surface area (Å²) in [6.07, 6.45) is 4.14. The molecule has 0 unspecified atom stereocenters. The Bertz CT molecular complexity index is 446. The van der Waals surface area contributed by atoms with Crippen molar-refractivity contribution < 1.29 is 0 Å². The fourth-order valence-electron chi connectivity index (χ4n) is 1.86. The quantitative estimate of drug-likeness (QED) is 0.697. The minimum atomic E-state index is 1.07. The van der Waals surface area contributed by atoms with E-state index in [1.54, 1.807) is 0 Å². The number of aryl methyl sites for hydroxylation is 2. The molecule has 2 rings (SSSR count). The van der Waals surface area contributed by atoms with E-state index in [-0.39, 0.29) is 0 Å². The molecule has 1 heteroatoms. The molecular weight excluding hydrogens is 170 g/mol. The summed E-state index contributed by atoms with van der Waals surface area (Å²) < 4.78 is 0. The van der Waals surface area contributed by atoms with Crippen molar-refractivity contribution in [3.05, 3.63) is 41.7 Å². The summed E-state index contributed by atoms with van der Waals surface area (Å²) in [5.74, 6) is 0. The summed E-state index contributed by atoms with van der Waals surface area (Å²) in [6.45, 7) is 4.34. The number of benzene rings is 1. The molecule has 0 radical (unpaired) electrons. The molecule has 0 spiro atoms. The van der Waals surface area contributed by atoms with Gasteiger partial charge in [0, 0.05) is 17.3 Å². The van der Waals surface area contributed by atoms with E-state index in [9.17, 15) is 0 Å². The first-order valence-corrected chi connectivity index (χ1v) is 5.16. The molecule has 0 saturated heterocycles. The SMILES string of the molecule is CCCc1nccc2c(C)cccc12. The zero-order valence-corrected chi connectivity index (χ0v) is 8.75. The van der Waals surface area contributed by atoms with Gasteiger partial charge >= 0.3 is 0 Å². The standard InChI is InChI=1S/C13H15N/c1-3-5-13-12-7-4-6-10(2)11(12)8-9-14-13/h4,6-9H,3,5H2,1-2H3. The molecule has 0 N–H and O–H groups in total. The number of pyridine rings is 1. The zero-order chi connectivity index (χ0) is 9.97. The number of fused-ring (bicyclic) bond motifs is 1. The van der Waals surface area contributed by atoms with E-state index in [1.807, 2.05) is 6.20 Å². The van der Waals surface area contributed by atoms with Gasteiger partial charge in [0.25, 0.3) is 0 Å². The van der Waals surface area contributed by atoms with Crippen molar-refractivity contribution in [3.63, 3.8) is 0 Å². The Balaban J connectivity index is 2.68. The largest absolute Gasteiger partial charge is 0.261 e. The Morgan fingerprint density at radius 2 is 2.00 bits per heavy atom. The average Bonchev–Trinajstić information content (AvgIpc) is 2.20. The van der Waals surface area contributed by atoms with Gasteiger partial charge in [0.05, 0.1) is 0 Å². The first-order chi connectivity index (χ1) is 6.83. The molecule has 1 aromatic carbocycles. The molecule has 72 valence electrons. The summed E-state index contributed by atoms with van der Waals surface area (Å²) >= 11 is 0. The molecule has 0 aliphatic carbocycles. The Hall–Kier alpha value is -1.37. The molecule has 2 aromatic rings. The molecule has 0 aliphatic heterocycles. The van der Waals surface area contributed by atoms with E-state index in [4.69, 9.17) is 0 Å². The molecular formula is C13H15N. The van der Waals surface area contributed by atoms with Crippen LogP contribution in [0.15, 0.2) is 30.5 Å². The van der Waals surface area contributed by atoms with Crippen molar-refractivity contribution in [1.82, 2.24) is 4.98 Å². The first kappa shape index (κ1) is 9.20. The zero-order valence-electron chi connectivity index (χ0n) is 8.75. The van der Waals surface area contributed by atoms with E-state index in [0.29, 0.717) is 0 Å². The molecule has 0 amide bonds. The molecule has 0 bridgehead atoms. The fraction of sp³-hybridized carbons (Fsp3) is 0.308. The van der Waals surface area contributed by atoms with Gasteiger partial charge in [-0.15, -0.1) is 0 Å². The second kappa shape index (κ2) is 3.79. The lowest BCUT2D eigenvalue weighted by molar-refractivity contribution is 0.893. The van der Waals surface area contributed by atoms with E-state index in [0.717, 1.165) is 12.8 Å². The van der Waals surface area contributed by atoms with Crippen LogP contribution in [0.1, 0.15) is 24.6 Å². The Kier molecular flexibility index (Phi) is 2.49. The van der Waals surface area contributed by atoms with Gasteiger partial charge in [-0.3, -0.25) is 4.98 Å². The molecule has 0 atom stereocenters. The highest BCUT2D eigenvalue weighted by Crippen LogP contribution is 2.20. The van der Waals surface area contributed by atoms with E-state index >= 15 is 0 Å². The molecule has 0 saturated carbocycles. The van der Waals surface area contributed by atoms with Crippen LogP contribution >= 0.6 is 0 Å². The van der Waals surface area contributed by atoms with E-state index < -0.39 is 0 Å². The number of hydrogen-bond donors (Lipinski definition) is 0. The normalized spacial score (nSPS) is 10.7. The highest BCUT2D eigenvalue weighted by atomic mass is 14.7. The molecule has 0 aliphatic rings. The van der Waals surface area contributed by atoms with Gasteiger partial charge in [0.15, 0.2) is 0 Å². The lowest BCUT2D eigenvalue weighted by atomic mass is 10.0. The summed E-state index contributed by atoms with van der Waals surface area (Å²) in [7, 11) is 0. The van der Waals surface area contributed by atoms with Gasteiger partial charge in [0.1, 0.15) is 0 Å². The van der Waals surface area contributed by atoms with Crippen LogP contribution in [0.2, 0.25) is 0 Å². The van der Waals surface area contributed by atoms with Crippen molar-refractivity contribution in [1.29, 1.82) is 0 Å². The lowest BCUT2D eigenvalue weighted by Gasteiger charge is -2.05. The Morgan fingerprint density at radius 3 is 2.79 bits per heavy atom. The maximum absolute atomic E-state index is 4.44. The predicted molar refractivity (Wildman–Crippen MR) is 60.5 cm³/mol. The molecule has 1 aromatic heterocycles. The number of nitrogens with zero attached hydrogens (tertiary/aromatic N) is 1. The topological polar surface area (TPSA) is 12.9 Å².